The highest BCUT2D eigenvalue weighted by Crippen LogP contribution is 2.13. The molecule has 1 aromatic rings. The van der Waals surface area contributed by atoms with E-state index in [9.17, 15) is 8.42 Å². The van der Waals surface area contributed by atoms with Gasteiger partial charge in [-0.25, -0.2) is 8.42 Å². The van der Waals surface area contributed by atoms with Crippen molar-refractivity contribution in [3.05, 3.63) is 29.8 Å². The molecule has 0 aliphatic rings. The summed E-state index contributed by atoms with van der Waals surface area (Å²) in [6.45, 7) is 4.59. The van der Waals surface area contributed by atoms with Gasteiger partial charge in [-0.1, -0.05) is 26.0 Å². The number of hydrogen-bond donors (Lipinski definition) is 1. The Morgan fingerprint density at radius 3 is 2.53 bits per heavy atom. The van der Waals surface area contributed by atoms with E-state index in [1.165, 1.54) is 4.31 Å². The molecule has 0 aliphatic carbocycles. The topological polar surface area (TPSA) is 63.4 Å². The molecule has 0 fully saturated rings. The number of rotatable bonds is 6. The van der Waals surface area contributed by atoms with Crippen molar-refractivity contribution in [2.24, 2.45) is 0 Å². The molecule has 0 atom stereocenters. The first-order valence-corrected chi connectivity index (χ1v) is 7.42. The minimum Gasteiger partial charge on any atom is -0.399 e. The third-order valence-corrected chi connectivity index (χ3v) is 4.62. The van der Waals surface area contributed by atoms with Gasteiger partial charge in [-0.3, -0.25) is 0 Å². The Bertz CT molecular complexity index is 457. The van der Waals surface area contributed by atoms with Crippen LogP contribution in [0.15, 0.2) is 24.3 Å². The average molecular weight is 256 g/mol. The van der Waals surface area contributed by atoms with E-state index < -0.39 is 10.0 Å². The molecule has 0 bridgehead atoms. The van der Waals surface area contributed by atoms with E-state index in [-0.39, 0.29) is 5.75 Å². The summed E-state index contributed by atoms with van der Waals surface area (Å²) in [6.07, 6.45) is 0.635. The summed E-state index contributed by atoms with van der Waals surface area (Å²) in [7, 11) is -3.14. The minimum absolute atomic E-state index is 0.198. The summed E-state index contributed by atoms with van der Waals surface area (Å²) < 4.78 is 25.4. The van der Waals surface area contributed by atoms with Crippen molar-refractivity contribution in [2.45, 2.75) is 26.8 Å². The zero-order chi connectivity index (χ0) is 12.9. The van der Waals surface area contributed by atoms with Crippen LogP contribution < -0.4 is 5.73 Å². The molecule has 1 aromatic carbocycles. The number of nitrogen functional groups attached to an aromatic ring is 1. The number of nitrogens with two attached hydrogens (primary N) is 1. The quantitative estimate of drug-likeness (QED) is 0.790. The summed E-state index contributed by atoms with van der Waals surface area (Å²) in [5.41, 5.74) is 7.26. The summed E-state index contributed by atoms with van der Waals surface area (Å²) in [5.74, 6) is 0.198. The summed E-state index contributed by atoms with van der Waals surface area (Å²) >= 11 is 0. The van der Waals surface area contributed by atoms with Crippen LogP contribution in [0, 0.1) is 0 Å². The Hall–Kier alpha value is -1.07. The van der Waals surface area contributed by atoms with Crippen molar-refractivity contribution in [1.82, 2.24) is 4.31 Å². The lowest BCUT2D eigenvalue weighted by atomic mass is 10.2. The summed E-state index contributed by atoms with van der Waals surface area (Å²) in [5, 5.41) is 0. The van der Waals surface area contributed by atoms with Crippen LogP contribution in [0.25, 0.3) is 0 Å². The fraction of sp³-hybridized carbons (Fsp3) is 0.500. The normalized spacial score (nSPS) is 11.9. The van der Waals surface area contributed by atoms with Gasteiger partial charge in [-0.05, 0) is 24.1 Å². The molecule has 0 spiro atoms. The van der Waals surface area contributed by atoms with E-state index in [2.05, 4.69) is 0 Å². The van der Waals surface area contributed by atoms with Crippen molar-refractivity contribution in [3.63, 3.8) is 0 Å². The molecular weight excluding hydrogens is 236 g/mol. The molecule has 0 saturated carbocycles. The van der Waals surface area contributed by atoms with Gasteiger partial charge in [0, 0.05) is 18.8 Å². The fourth-order valence-electron chi connectivity index (χ4n) is 1.69. The monoisotopic (exact) mass is 256 g/mol. The van der Waals surface area contributed by atoms with Gasteiger partial charge in [0.2, 0.25) is 10.0 Å². The second-order valence-corrected chi connectivity index (χ2v) is 6.08. The first-order chi connectivity index (χ1) is 7.99. The first-order valence-electron chi connectivity index (χ1n) is 5.81. The fourth-order valence-corrected chi connectivity index (χ4v) is 3.20. The van der Waals surface area contributed by atoms with Crippen LogP contribution in [0.3, 0.4) is 0 Å². The molecule has 0 aliphatic heterocycles. The lowest BCUT2D eigenvalue weighted by Crippen LogP contribution is -2.32. The standard InChI is InChI=1S/C12H20N2O2S/c1-3-8-17(15,16)14(4-2)10-11-6-5-7-12(13)9-11/h5-7,9H,3-4,8,10,13H2,1-2H3. The largest absolute Gasteiger partial charge is 0.399 e. The highest BCUT2D eigenvalue weighted by atomic mass is 32.2. The second-order valence-electron chi connectivity index (χ2n) is 3.99. The molecule has 0 amide bonds. The first kappa shape index (κ1) is 14.0. The summed E-state index contributed by atoms with van der Waals surface area (Å²) in [4.78, 5) is 0. The summed E-state index contributed by atoms with van der Waals surface area (Å²) in [6, 6.07) is 7.33. The Kier molecular flexibility index (Phi) is 4.96. The number of benzene rings is 1. The molecule has 0 unspecified atom stereocenters. The molecule has 2 N–H and O–H groups in total. The minimum atomic E-state index is -3.14. The van der Waals surface area contributed by atoms with Gasteiger partial charge in [-0.15, -0.1) is 0 Å². The van der Waals surface area contributed by atoms with Crippen molar-refractivity contribution in [3.8, 4) is 0 Å². The van der Waals surface area contributed by atoms with E-state index in [0.29, 0.717) is 25.2 Å². The van der Waals surface area contributed by atoms with E-state index in [1.54, 1.807) is 6.07 Å². The Morgan fingerprint density at radius 1 is 1.29 bits per heavy atom. The molecular formula is C12H20N2O2S. The van der Waals surface area contributed by atoms with Crippen LogP contribution in [0.4, 0.5) is 5.69 Å². The Labute approximate surface area is 103 Å². The molecule has 0 heterocycles. The lowest BCUT2D eigenvalue weighted by molar-refractivity contribution is 0.423. The van der Waals surface area contributed by atoms with Crippen LogP contribution in [-0.4, -0.2) is 25.0 Å². The third kappa shape index (κ3) is 4.02. The second kappa shape index (κ2) is 6.02. The van der Waals surface area contributed by atoms with Gasteiger partial charge < -0.3 is 5.73 Å². The maximum Gasteiger partial charge on any atom is 0.214 e. The molecule has 17 heavy (non-hydrogen) atoms. The zero-order valence-corrected chi connectivity index (χ0v) is 11.2. The molecule has 5 heteroatoms. The van der Waals surface area contributed by atoms with E-state index >= 15 is 0 Å². The van der Waals surface area contributed by atoms with Crippen LogP contribution in [0.1, 0.15) is 25.8 Å². The van der Waals surface area contributed by atoms with Crippen LogP contribution in [0.2, 0.25) is 0 Å². The van der Waals surface area contributed by atoms with Crippen LogP contribution in [-0.2, 0) is 16.6 Å². The SMILES string of the molecule is CCCS(=O)(=O)N(CC)Cc1cccc(N)c1. The Morgan fingerprint density at radius 2 is 2.00 bits per heavy atom. The number of hydrogen-bond acceptors (Lipinski definition) is 3. The molecule has 0 aromatic heterocycles. The van der Waals surface area contributed by atoms with E-state index in [1.807, 2.05) is 32.0 Å². The van der Waals surface area contributed by atoms with Crippen LogP contribution >= 0.6 is 0 Å². The van der Waals surface area contributed by atoms with Gasteiger partial charge >= 0.3 is 0 Å². The highest BCUT2D eigenvalue weighted by Gasteiger charge is 2.19. The number of nitrogens with zero attached hydrogens (tertiary/aromatic N) is 1. The zero-order valence-electron chi connectivity index (χ0n) is 10.4. The maximum absolute atomic E-state index is 11.9. The van der Waals surface area contributed by atoms with Gasteiger partial charge in [0.15, 0.2) is 0 Å². The maximum atomic E-state index is 11.9. The van der Waals surface area contributed by atoms with E-state index in [0.717, 1.165) is 5.56 Å². The predicted octanol–water partition coefficient (Wildman–Crippen LogP) is 1.83. The lowest BCUT2D eigenvalue weighted by Gasteiger charge is -2.20. The molecule has 1 rings (SSSR count). The number of sulfonamides is 1. The van der Waals surface area contributed by atoms with Crippen molar-refractivity contribution >= 4 is 15.7 Å². The van der Waals surface area contributed by atoms with Gasteiger partial charge in [0.05, 0.1) is 5.75 Å². The van der Waals surface area contributed by atoms with Crippen molar-refractivity contribution in [1.29, 1.82) is 0 Å². The molecule has 96 valence electrons. The molecule has 4 nitrogen and oxygen atoms in total. The Balaban J connectivity index is 2.84. The van der Waals surface area contributed by atoms with Crippen molar-refractivity contribution < 1.29 is 8.42 Å². The average Bonchev–Trinajstić information content (AvgIpc) is 2.25. The van der Waals surface area contributed by atoms with Gasteiger partial charge in [0.1, 0.15) is 0 Å². The highest BCUT2D eigenvalue weighted by molar-refractivity contribution is 7.89. The van der Waals surface area contributed by atoms with Crippen LogP contribution in [0.5, 0.6) is 0 Å². The van der Waals surface area contributed by atoms with Gasteiger partial charge in [-0.2, -0.15) is 4.31 Å². The number of anilines is 1. The van der Waals surface area contributed by atoms with E-state index in [4.69, 9.17) is 5.73 Å². The van der Waals surface area contributed by atoms with Gasteiger partial charge in [0.25, 0.3) is 0 Å². The smallest absolute Gasteiger partial charge is 0.214 e. The molecule has 0 radical (unpaired) electrons. The molecule has 0 saturated heterocycles. The third-order valence-electron chi connectivity index (χ3n) is 2.52. The predicted molar refractivity (Wildman–Crippen MR) is 71.0 cm³/mol. The van der Waals surface area contributed by atoms with Crippen molar-refractivity contribution in [2.75, 3.05) is 18.0 Å².